The molecule has 0 spiro atoms. The summed E-state index contributed by atoms with van der Waals surface area (Å²) in [5, 5.41) is 14.2. The van der Waals surface area contributed by atoms with E-state index < -0.39 is 0 Å². The summed E-state index contributed by atoms with van der Waals surface area (Å²) < 4.78 is 4.36. The van der Waals surface area contributed by atoms with Gasteiger partial charge >= 0.3 is 0 Å². The molecule has 0 saturated carbocycles. The van der Waals surface area contributed by atoms with Crippen LogP contribution in [0.1, 0.15) is 54.5 Å². The van der Waals surface area contributed by atoms with Gasteiger partial charge in [0.15, 0.2) is 0 Å². The maximum absolute atomic E-state index is 13.3. The van der Waals surface area contributed by atoms with Crippen molar-refractivity contribution in [1.29, 1.82) is 5.26 Å². The zero-order chi connectivity index (χ0) is 23.7. The van der Waals surface area contributed by atoms with Gasteiger partial charge in [-0.1, -0.05) is 29.8 Å². The lowest BCUT2D eigenvalue weighted by Crippen LogP contribution is -2.23. The van der Waals surface area contributed by atoms with E-state index in [9.17, 15) is 4.79 Å². The first kappa shape index (κ1) is 22.7. The summed E-state index contributed by atoms with van der Waals surface area (Å²) in [5.74, 6) is 0.725. The van der Waals surface area contributed by atoms with Gasteiger partial charge in [-0.15, -0.1) is 0 Å². The van der Waals surface area contributed by atoms with Crippen molar-refractivity contribution in [3.05, 3.63) is 91.7 Å². The average Bonchev–Trinajstić information content (AvgIpc) is 3.11. The summed E-state index contributed by atoms with van der Waals surface area (Å²) in [6, 6.07) is 17.2. The zero-order valence-corrected chi connectivity index (χ0v) is 20.6. The minimum absolute atomic E-state index is 0.0778. The minimum atomic E-state index is -0.186. The van der Waals surface area contributed by atoms with E-state index in [2.05, 4.69) is 45.5 Å². The monoisotopic (exact) mass is 501 g/mol. The molecule has 0 unspecified atom stereocenters. The maximum Gasteiger partial charge on any atom is 0.282 e. The summed E-state index contributed by atoms with van der Waals surface area (Å²) in [6.45, 7) is 8.16. The van der Waals surface area contributed by atoms with Crippen molar-refractivity contribution in [2.24, 2.45) is 5.10 Å². The Balaban J connectivity index is 1.82. The van der Waals surface area contributed by atoms with Crippen molar-refractivity contribution in [2.75, 3.05) is 0 Å². The summed E-state index contributed by atoms with van der Waals surface area (Å²) >= 11 is 3.44. The number of nitriles is 1. The molecule has 0 fully saturated rings. The third kappa shape index (κ3) is 4.27. The smallest absolute Gasteiger partial charge is 0.282 e. The first-order valence-electron chi connectivity index (χ1n) is 10.8. The highest BCUT2D eigenvalue weighted by Crippen LogP contribution is 2.22. The van der Waals surface area contributed by atoms with E-state index in [1.807, 2.05) is 44.2 Å². The molecule has 2 heterocycles. The highest BCUT2D eigenvalue weighted by molar-refractivity contribution is 9.10. The van der Waals surface area contributed by atoms with Gasteiger partial charge in [0.2, 0.25) is 0 Å². The molecule has 2 aromatic carbocycles. The third-order valence-corrected chi connectivity index (χ3v) is 6.42. The van der Waals surface area contributed by atoms with Crippen LogP contribution in [0.4, 0.5) is 0 Å². The van der Waals surface area contributed by atoms with Gasteiger partial charge in [0.25, 0.3) is 5.56 Å². The lowest BCUT2D eigenvalue weighted by atomic mass is 10.1. The summed E-state index contributed by atoms with van der Waals surface area (Å²) in [5.41, 5.74) is 5.02. The SMILES string of the molecule is CC[C@@H](C)c1nc2ccc(Br)cc2c(=O)n1N=Cc1cc(C)n(-c2ccc(C#N)cc2)c1C. The van der Waals surface area contributed by atoms with Crippen LogP contribution in [-0.2, 0) is 0 Å². The van der Waals surface area contributed by atoms with Gasteiger partial charge in [0.05, 0.1) is 28.8 Å². The second-order valence-corrected chi connectivity index (χ2v) is 9.04. The fraction of sp³-hybridized carbons (Fsp3) is 0.231. The quantitative estimate of drug-likeness (QED) is 0.322. The van der Waals surface area contributed by atoms with Gasteiger partial charge in [-0.3, -0.25) is 4.79 Å². The molecule has 6 nitrogen and oxygen atoms in total. The molecule has 0 amide bonds. The van der Waals surface area contributed by atoms with E-state index in [1.165, 1.54) is 4.68 Å². The van der Waals surface area contributed by atoms with Crippen LogP contribution in [0.15, 0.2) is 62.9 Å². The number of rotatable bonds is 5. The molecule has 0 saturated heterocycles. The van der Waals surface area contributed by atoms with Crippen LogP contribution in [0, 0.1) is 25.2 Å². The predicted molar refractivity (Wildman–Crippen MR) is 135 cm³/mol. The standard InChI is InChI=1S/C26H24BrN5O/c1-5-16(2)25-30-24-11-8-21(27)13-23(24)26(33)32(25)29-15-20-12-17(3)31(18(20)4)22-9-6-19(14-28)7-10-22/h6-13,15-16H,5H2,1-4H3/t16-/m1/s1. The van der Waals surface area contributed by atoms with E-state index in [-0.39, 0.29) is 11.5 Å². The van der Waals surface area contributed by atoms with Crippen LogP contribution >= 0.6 is 15.9 Å². The number of benzene rings is 2. The van der Waals surface area contributed by atoms with Crippen molar-refractivity contribution in [2.45, 2.75) is 40.0 Å². The van der Waals surface area contributed by atoms with Crippen LogP contribution in [-0.4, -0.2) is 20.4 Å². The first-order chi connectivity index (χ1) is 15.8. The molecule has 4 aromatic rings. The van der Waals surface area contributed by atoms with Gasteiger partial charge < -0.3 is 4.57 Å². The number of aryl methyl sites for hydroxylation is 1. The van der Waals surface area contributed by atoms with Crippen molar-refractivity contribution in [1.82, 2.24) is 14.2 Å². The molecule has 0 N–H and O–H groups in total. The minimum Gasteiger partial charge on any atom is -0.318 e. The van der Waals surface area contributed by atoms with Gasteiger partial charge in [-0.05, 0) is 68.8 Å². The molecule has 166 valence electrons. The van der Waals surface area contributed by atoms with E-state index in [4.69, 9.17) is 10.2 Å². The van der Waals surface area contributed by atoms with E-state index in [0.717, 1.165) is 33.5 Å². The number of halogens is 1. The fourth-order valence-corrected chi connectivity index (χ4v) is 4.26. The number of nitrogens with zero attached hydrogens (tertiary/aromatic N) is 5. The molecular weight excluding hydrogens is 478 g/mol. The second kappa shape index (κ2) is 9.16. The lowest BCUT2D eigenvalue weighted by Gasteiger charge is -2.14. The Morgan fingerprint density at radius 3 is 2.58 bits per heavy atom. The highest BCUT2D eigenvalue weighted by atomic mass is 79.9. The Morgan fingerprint density at radius 1 is 1.18 bits per heavy atom. The number of hydrogen-bond donors (Lipinski definition) is 0. The molecule has 0 aliphatic rings. The fourth-order valence-electron chi connectivity index (χ4n) is 3.90. The van der Waals surface area contributed by atoms with E-state index in [0.29, 0.717) is 22.3 Å². The van der Waals surface area contributed by atoms with Gasteiger partial charge in [0.1, 0.15) is 5.82 Å². The summed E-state index contributed by atoms with van der Waals surface area (Å²) in [6.07, 6.45) is 2.57. The van der Waals surface area contributed by atoms with E-state index in [1.54, 1.807) is 24.4 Å². The van der Waals surface area contributed by atoms with Crippen molar-refractivity contribution < 1.29 is 0 Å². The number of aromatic nitrogens is 3. The molecule has 0 bridgehead atoms. The van der Waals surface area contributed by atoms with E-state index >= 15 is 0 Å². The van der Waals surface area contributed by atoms with Crippen molar-refractivity contribution in [3.8, 4) is 11.8 Å². The Morgan fingerprint density at radius 2 is 1.91 bits per heavy atom. The Bertz CT molecular complexity index is 1470. The molecule has 33 heavy (non-hydrogen) atoms. The van der Waals surface area contributed by atoms with Crippen LogP contribution in [0.5, 0.6) is 0 Å². The van der Waals surface area contributed by atoms with Gasteiger partial charge in [-0.2, -0.15) is 15.0 Å². The molecular formula is C26H24BrN5O. The second-order valence-electron chi connectivity index (χ2n) is 8.12. The molecule has 2 aromatic heterocycles. The van der Waals surface area contributed by atoms with Crippen LogP contribution in [0.25, 0.3) is 16.6 Å². The van der Waals surface area contributed by atoms with Gasteiger partial charge in [0, 0.05) is 33.0 Å². The topological polar surface area (TPSA) is 76.0 Å². The first-order valence-corrected chi connectivity index (χ1v) is 11.6. The maximum atomic E-state index is 13.3. The van der Waals surface area contributed by atoms with Crippen LogP contribution < -0.4 is 5.56 Å². The summed E-state index contributed by atoms with van der Waals surface area (Å²) in [7, 11) is 0. The normalized spacial score (nSPS) is 12.4. The van der Waals surface area contributed by atoms with Gasteiger partial charge in [-0.25, -0.2) is 4.98 Å². The zero-order valence-electron chi connectivity index (χ0n) is 19.0. The Hall–Kier alpha value is -3.50. The molecule has 0 aliphatic heterocycles. The molecule has 0 radical (unpaired) electrons. The van der Waals surface area contributed by atoms with Crippen LogP contribution in [0.2, 0.25) is 0 Å². The van der Waals surface area contributed by atoms with Crippen molar-refractivity contribution >= 4 is 33.0 Å². The van der Waals surface area contributed by atoms with Crippen LogP contribution in [0.3, 0.4) is 0 Å². The van der Waals surface area contributed by atoms with Crippen molar-refractivity contribution in [3.63, 3.8) is 0 Å². The summed E-state index contributed by atoms with van der Waals surface area (Å²) in [4.78, 5) is 18.1. The third-order valence-electron chi connectivity index (χ3n) is 5.92. The molecule has 4 rings (SSSR count). The highest BCUT2D eigenvalue weighted by Gasteiger charge is 2.16. The Labute approximate surface area is 201 Å². The predicted octanol–water partition coefficient (Wildman–Crippen LogP) is 5.83. The number of fused-ring (bicyclic) bond motifs is 1. The molecule has 1 atom stereocenters. The Kier molecular flexibility index (Phi) is 6.30. The average molecular weight is 502 g/mol. The molecule has 7 heteroatoms. The largest absolute Gasteiger partial charge is 0.318 e. The lowest BCUT2D eigenvalue weighted by molar-refractivity contribution is 0.613. The number of hydrogen-bond acceptors (Lipinski definition) is 4. The molecule has 0 aliphatic carbocycles.